The summed E-state index contributed by atoms with van der Waals surface area (Å²) >= 11 is 0. The van der Waals surface area contributed by atoms with Gasteiger partial charge in [0, 0.05) is 12.7 Å². The van der Waals surface area contributed by atoms with Crippen LogP contribution >= 0.6 is 0 Å². The number of aromatic nitrogens is 1. The molecule has 1 aromatic heterocycles. The van der Waals surface area contributed by atoms with Crippen LogP contribution in [0.15, 0.2) is 24.4 Å². The van der Waals surface area contributed by atoms with E-state index < -0.39 is 5.92 Å². The van der Waals surface area contributed by atoms with E-state index in [4.69, 9.17) is 5.26 Å². The standard InChI is InChI=1S/C13H17N3O/c1-3-11(9-14)13(17)16(4-2)10-12-7-5-6-8-15-12/h5-8,11H,3-4,10H2,1-2H3. The van der Waals surface area contributed by atoms with Gasteiger partial charge in [0.25, 0.3) is 0 Å². The fourth-order valence-corrected chi connectivity index (χ4v) is 1.57. The number of hydrogen-bond donors (Lipinski definition) is 0. The second-order valence-electron chi connectivity index (χ2n) is 3.76. The Morgan fingerprint density at radius 3 is 2.76 bits per heavy atom. The van der Waals surface area contributed by atoms with Crippen molar-refractivity contribution in [3.63, 3.8) is 0 Å². The Kier molecular flexibility index (Phi) is 5.15. The summed E-state index contributed by atoms with van der Waals surface area (Å²) < 4.78 is 0. The fraction of sp³-hybridized carbons (Fsp3) is 0.462. The van der Waals surface area contributed by atoms with Crippen molar-refractivity contribution in [1.29, 1.82) is 5.26 Å². The van der Waals surface area contributed by atoms with Crippen molar-refractivity contribution in [2.24, 2.45) is 5.92 Å². The molecule has 0 radical (unpaired) electrons. The first kappa shape index (κ1) is 13.2. The second-order valence-corrected chi connectivity index (χ2v) is 3.76. The smallest absolute Gasteiger partial charge is 0.240 e. The molecule has 0 aliphatic heterocycles. The molecule has 1 heterocycles. The molecule has 0 aliphatic rings. The predicted molar refractivity (Wildman–Crippen MR) is 64.7 cm³/mol. The fourth-order valence-electron chi connectivity index (χ4n) is 1.57. The van der Waals surface area contributed by atoms with Crippen molar-refractivity contribution in [2.75, 3.05) is 6.54 Å². The summed E-state index contributed by atoms with van der Waals surface area (Å²) in [7, 11) is 0. The van der Waals surface area contributed by atoms with E-state index in [0.717, 1.165) is 5.69 Å². The van der Waals surface area contributed by atoms with E-state index in [1.807, 2.05) is 38.1 Å². The third-order valence-corrected chi connectivity index (χ3v) is 2.63. The van der Waals surface area contributed by atoms with Crippen molar-refractivity contribution < 1.29 is 4.79 Å². The Morgan fingerprint density at radius 1 is 1.53 bits per heavy atom. The molecule has 0 bridgehead atoms. The van der Waals surface area contributed by atoms with E-state index in [1.54, 1.807) is 11.1 Å². The highest BCUT2D eigenvalue weighted by molar-refractivity contribution is 5.81. The molecule has 90 valence electrons. The molecule has 0 saturated carbocycles. The molecule has 1 rings (SSSR count). The van der Waals surface area contributed by atoms with Crippen molar-refractivity contribution in [1.82, 2.24) is 9.88 Å². The van der Waals surface area contributed by atoms with Gasteiger partial charge < -0.3 is 4.90 Å². The minimum absolute atomic E-state index is 0.108. The lowest BCUT2D eigenvalue weighted by Gasteiger charge is -2.22. The number of hydrogen-bond acceptors (Lipinski definition) is 3. The Hall–Kier alpha value is -1.89. The lowest BCUT2D eigenvalue weighted by Crippen LogP contribution is -2.35. The zero-order valence-corrected chi connectivity index (χ0v) is 10.3. The molecule has 17 heavy (non-hydrogen) atoms. The summed E-state index contributed by atoms with van der Waals surface area (Å²) in [6, 6.07) is 7.65. The highest BCUT2D eigenvalue weighted by atomic mass is 16.2. The molecule has 1 atom stereocenters. The molecule has 0 aliphatic carbocycles. The number of pyridine rings is 1. The van der Waals surface area contributed by atoms with Crippen LogP contribution in [0.4, 0.5) is 0 Å². The molecule has 1 unspecified atom stereocenters. The van der Waals surface area contributed by atoms with Crippen LogP contribution in [-0.2, 0) is 11.3 Å². The molecule has 0 saturated heterocycles. The van der Waals surface area contributed by atoms with Crippen molar-refractivity contribution in [2.45, 2.75) is 26.8 Å². The van der Waals surface area contributed by atoms with Gasteiger partial charge in [-0.25, -0.2) is 0 Å². The van der Waals surface area contributed by atoms with Crippen LogP contribution in [0.25, 0.3) is 0 Å². The van der Waals surface area contributed by atoms with E-state index in [0.29, 0.717) is 19.5 Å². The summed E-state index contributed by atoms with van der Waals surface area (Å²) in [5.41, 5.74) is 0.843. The van der Waals surface area contributed by atoms with E-state index in [1.165, 1.54) is 0 Å². The Bertz CT molecular complexity index is 397. The minimum Gasteiger partial charge on any atom is -0.336 e. The molecule has 0 N–H and O–H groups in total. The largest absolute Gasteiger partial charge is 0.336 e. The lowest BCUT2D eigenvalue weighted by atomic mass is 10.1. The quantitative estimate of drug-likeness (QED) is 0.778. The highest BCUT2D eigenvalue weighted by Crippen LogP contribution is 2.09. The zero-order chi connectivity index (χ0) is 12.7. The van der Waals surface area contributed by atoms with E-state index in [2.05, 4.69) is 4.98 Å². The van der Waals surface area contributed by atoms with Gasteiger partial charge in [-0.05, 0) is 25.5 Å². The Morgan fingerprint density at radius 2 is 2.29 bits per heavy atom. The van der Waals surface area contributed by atoms with Gasteiger partial charge in [-0.3, -0.25) is 9.78 Å². The predicted octanol–water partition coefficient (Wildman–Crippen LogP) is 1.98. The molecule has 1 aromatic rings. The lowest BCUT2D eigenvalue weighted by molar-refractivity contribution is -0.134. The summed E-state index contributed by atoms with van der Waals surface area (Å²) in [4.78, 5) is 17.9. The van der Waals surface area contributed by atoms with Crippen molar-refractivity contribution >= 4 is 5.91 Å². The van der Waals surface area contributed by atoms with Crippen LogP contribution in [0, 0.1) is 17.2 Å². The SMILES string of the molecule is CCC(C#N)C(=O)N(CC)Cc1ccccn1. The number of nitrogens with zero attached hydrogens (tertiary/aromatic N) is 3. The van der Waals surface area contributed by atoms with Crippen LogP contribution in [0.1, 0.15) is 26.0 Å². The number of carbonyl (C=O) groups excluding carboxylic acids is 1. The van der Waals surface area contributed by atoms with Crippen LogP contribution in [0.3, 0.4) is 0 Å². The summed E-state index contributed by atoms with van der Waals surface area (Å²) in [5, 5.41) is 8.89. The second kappa shape index (κ2) is 6.64. The van der Waals surface area contributed by atoms with Gasteiger partial charge in [0.05, 0.1) is 18.3 Å². The minimum atomic E-state index is -0.543. The van der Waals surface area contributed by atoms with Crippen LogP contribution in [0.5, 0.6) is 0 Å². The van der Waals surface area contributed by atoms with Crippen molar-refractivity contribution in [3.8, 4) is 6.07 Å². The monoisotopic (exact) mass is 231 g/mol. The first-order chi connectivity index (χ1) is 8.22. The van der Waals surface area contributed by atoms with Gasteiger partial charge in [-0.1, -0.05) is 13.0 Å². The van der Waals surface area contributed by atoms with Crippen LogP contribution < -0.4 is 0 Å². The van der Waals surface area contributed by atoms with Gasteiger partial charge in [0.15, 0.2) is 0 Å². The third-order valence-electron chi connectivity index (χ3n) is 2.63. The summed E-state index contributed by atoms with van der Waals surface area (Å²) in [6.07, 6.45) is 2.25. The topological polar surface area (TPSA) is 57.0 Å². The Balaban J connectivity index is 2.73. The van der Waals surface area contributed by atoms with E-state index in [9.17, 15) is 4.79 Å². The number of rotatable bonds is 5. The van der Waals surface area contributed by atoms with E-state index >= 15 is 0 Å². The van der Waals surface area contributed by atoms with Gasteiger partial charge in [0.1, 0.15) is 5.92 Å². The number of carbonyl (C=O) groups is 1. The van der Waals surface area contributed by atoms with Gasteiger partial charge in [-0.2, -0.15) is 5.26 Å². The first-order valence-corrected chi connectivity index (χ1v) is 5.81. The number of nitriles is 1. The Labute approximate surface area is 102 Å². The molecule has 4 nitrogen and oxygen atoms in total. The van der Waals surface area contributed by atoms with Gasteiger partial charge in [0.2, 0.25) is 5.91 Å². The highest BCUT2D eigenvalue weighted by Gasteiger charge is 2.21. The number of amides is 1. The molecule has 4 heteroatoms. The zero-order valence-electron chi connectivity index (χ0n) is 10.3. The average molecular weight is 231 g/mol. The maximum atomic E-state index is 12.0. The van der Waals surface area contributed by atoms with Crippen LogP contribution in [-0.4, -0.2) is 22.3 Å². The van der Waals surface area contributed by atoms with Gasteiger partial charge in [-0.15, -0.1) is 0 Å². The summed E-state index contributed by atoms with van der Waals surface area (Å²) in [6.45, 7) is 4.81. The molecule has 0 spiro atoms. The van der Waals surface area contributed by atoms with Crippen LogP contribution in [0.2, 0.25) is 0 Å². The molecule has 1 amide bonds. The molecule has 0 fully saturated rings. The first-order valence-electron chi connectivity index (χ1n) is 5.81. The van der Waals surface area contributed by atoms with Crippen molar-refractivity contribution in [3.05, 3.63) is 30.1 Å². The average Bonchev–Trinajstić information content (AvgIpc) is 2.38. The molecular weight excluding hydrogens is 214 g/mol. The maximum absolute atomic E-state index is 12.0. The van der Waals surface area contributed by atoms with E-state index in [-0.39, 0.29) is 5.91 Å². The normalized spacial score (nSPS) is 11.6. The third kappa shape index (κ3) is 3.56. The molecular formula is C13H17N3O. The maximum Gasteiger partial charge on any atom is 0.240 e. The molecule has 0 aromatic carbocycles. The summed E-state index contributed by atoms with van der Waals surface area (Å²) in [5.74, 6) is -0.651. The van der Waals surface area contributed by atoms with Gasteiger partial charge >= 0.3 is 0 Å².